The molecule has 2 N–H and O–H groups in total. The van der Waals surface area contributed by atoms with Gasteiger partial charge in [-0.1, -0.05) is 26.0 Å². The summed E-state index contributed by atoms with van der Waals surface area (Å²) in [5, 5.41) is 20.5. The third kappa shape index (κ3) is 5.37. The Morgan fingerprint density at radius 2 is 1.04 bits per heavy atom. The van der Waals surface area contributed by atoms with Crippen LogP contribution < -0.4 is 0 Å². The second-order valence-electron chi connectivity index (χ2n) is 7.83. The normalized spacial score (nSPS) is 12.6. The van der Waals surface area contributed by atoms with Gasteiger partial charge in [-0.3, -0.25) is 0 Å². The molecule has 2 aromatic rings. The van der Waals surface area contributed by atoms with Crippen molar-refractivity contribution in [3.8, 4) is 11.5 Å². The summed E-state index contributed by atoms with van der Waals surface area (Å²) in [6.45, 7) is 5.74. The summed E-state index contributed by atoms with van der Waals surface area (Å²) in [6, 6.07) is 11.8. The van der Waals surface area contributed by atoms with E-state index in [-0.39, 0.29) is 0 Å². The van der Waals surface area contributed by atoms with Crippen LogP contribution in [0.2, 0.25) is 0 Å². The molecular formula is C24H34N2O2. The van der Waals surface area contributed by atoms with Crippen LogP contribution in [-0.4, -0.2) is 48.2 Å². The quantitative estimate of drug-likeness (QED) is 0.634. The Bertz CT molecular complexity index is 769. The van der Waals surface area contributed by atoms with Gasteiger partial charge in [-0.2, -0.15) is 0 Å². The minimum absolute atomic E-state index is 0.337. The van der Waals surface area contributed by atoms with Crippen LogP contribution in [0.5, 0.6) is 11.5 Å². The zero-order chi connectivity index (χ0) is 20.8. The molecule has 152 valence electrons. The summed E-state index contributed by atoms with van der Waals surface area (Å²) >= 11 is 0. The van der Waals surface area contributed by atoms with Crippen molar-refractivity contribution in [2.24, 2.45) is 0 Å². The average Bonchev–Trinajstić information content (AvgIpc) is 2.63. The molecule has 0 amide bonds. The Morgan fingerprint density at radius 1 is 0.679 bits per heavy atom. The van der Waals surface area contributed by atoms with Crippen molar-refractivity contribution in [2.75, 3.05) is 28.2 Å². The van der Waals surface area contributed by atoms with Crippen molar-refractivity contribution in [2.45, 2.75) is 39.8 Å². The molecule has 0 aromatic heterocycles. The van der Waals surface area contributed by atoms with Crippen molar-refractivity contribution in [3.63, 3.8) is 0 Å². The minimum Gasteiger partial charge on any atom is -0.508 e. The molecule has 4 nitrogen and oxygen atoms in total. The molecule has 28 heavy (non-hydrogen) atoms. The van der Waals surface area contributed by atoms with E-state index in [1.807, 2.05) is 40.3 Å². The van der Waals surface area contributed by atoms with Crippen LogP contribution in [0.1, 0.15) is 48.9 Å². The second kappa shape index (κ2) is 9.76. The highest BCUT2D eigenvalue weighted by atomic mass is 16.3. The first kappa shape index (κ1) is 22.0. The van der Waals surface area contributed by atoms with Crippen molar-refractivity contribution >= 4 is 11.1 Å². The van der Waals surface area contributed by atoms with Gasteiger partial charge in [0, 0.05) is 24.2 Å². The lowest BCUT2D eigenvalue weighted by molar-refractivity contribution is 0.386. The molecule has 0 aliphatic rings. The summed E-state index contributed by atoms with van der Waals surface area (Å²) < 4.78 is 0. The number of aromatic hydroxyl groups is 2. The van der Waals surface area contributed by atoms with Crippen LogP contribution in [0.15, 0.2) is 36.4 Å². The molecule has 0 saturated carbocycles. The second-order valence-corrected chi connectivity index (χ2v) is 7.83. The molecule has 0 unspecified atom stereocenters. The smallest absolute Gasteiger partial charge is 0.120 e. The van der Waals surface area contributed by atoms with Gasteiger partial charge in [0.1, 0.15) is 11.5 Å². The van der Waals surface area contributed by atoms with Crippen LogP contribution in [-0.2, 0) is 13.1 Å². The van der Waals surface area contributed by atoms with E-state index in [4.69, 9.17) is 0 Å². The molecule has 0 saturated heterocycles. The van der Waals surface area contributed by atoms with Gasteiger partial charge < -0.3 is 20.0 Å². The average molecular weight is 383 g/mol. The van der Waals surface area contributed by atoms with Crippen LogP contribution in [0.25, 0.3) is 11.1 Å². The fourth-order valence-corrected chi connectivity index (χ4v) is 3.66. The fourth-order valence-electron chi connectivity index (χ4n) is 3.66. The molecule has 0 fully saturated rings. The highest BCUT2D eigenvalue weighted by Gasteiger charge is 2.13. The maximum atomic E-state index is 10.2. The summed E-state index contributed by atoms with van der Waals surface area (Å²) in [6.07, 6.45) is 1.80. The monoisotopic (exact) mass is 382 g/mol. The number of phenols is 2. The molecule has 0 bridgehead atoms. The standard InChI is InChI=1S/C24H34N2O2/c1-7-21(17-9-11-23(27)19(13-17)15-25(3)4)22(8-2)18-10-12-24(28)20(14-18)16-26(5)6/h9-14,27-28H,7-8,15-16H2,1-6H3/b22-21+. The number of hydrogen-bond acceptors (Lipinski definition) is 4. The number of nitrogens with zero attached hydrogens (tertiary/aromatic N) is 2. The summed E-state index contributed by atoms with van der Waals surface area (Å²) in [5.41, 5.74) is 6.73. The highest BCUT2D eigenvalue weighted by molar-refractivity contribution is 5.91. The van der Waals surface area contributed by atoms with Gasteiger partial charge in [-0.05, 0) is 87.6 Å². The Kier molecular flexibility index (Phi) is 7.67. The predicted octanol–water partition coefficient (Wildman–Crippen LogP) is 4.95. The van der Waals surface area contributed by atoms with Crippen molar-refractivity contribution in [3.05, 3.63) is 58.7 Å². The third-order valence-electron chi connectivity index (χ3n) is 4.90. The van der Waals surface area contributed by atoms with E-state index in [2.05, 4.69) is 35.8 Å². The number of allylic oxidation sites excluding steroid dienone is 2. The lowest BCUT2D eigenvalue weighted by Crippen LogP contribution is -2.11. The zero-order valence-corrected chi connectivity index (χ0v) is 18.1. The SMILES string of the molecule is CC/C(=C(/CC)c1ccc(O)c(CN(C)C)c1)c1ccc(O)c(CN(C)C)c1. The maximum Gasteiger partial charge on any atom is 0.120 e. The third-order valence-corrected chi connectivity index (χ3v) is 4.90. The van der Waals surface area contributed by atoms with Gasteiger partial charge in [0.05, 0.1) is 0 Å². The lowest BCUT2D eigenvalue weighted by Gasteiger charge is -2.18. The predicted molar refractivity (Wildman–Crippen MR) is 118 cm³/mol. The van der Waals surface area contributed by atoms with Crippen LogP contribution in [0.3, 0.4) is 0 Å². The number of benzene rings is 2. The maximum absolute atomic E-state index is 10.2. The summed E-state index contributed by atoms with van der Waals surface area (Å²) in [7, 11) is 8.01. The van der Waals surface area contributed by atoms with E-state index in [1.54, 1.807) is 12.1 Å². The Labute approximate surface area is 169 Å². The zero-order valence-electron chi connectivity index (χ0n) is 18.1. The van der Waals surface area contributed by atoms with Gasteiger partial charge in [0.2, 0.25) is 0 Å². The number of rotatable bonds is 8. The largest absolute Gasteiger partial charge is 0.508 e. The molecule has 2 aromatic carbocycles. The lowest BCUT2D eigenvalue weighted by atomic mass is 9.89. The van der Waals surface area contributed by atoms with E-state index >= 15 is 0 Å². The first-order chi connectivity index (χ1) is 13.3. The molecule has 4 heteroatoms. The molecule has 0 heterocycles. The Hall–Kier alpha value is -2.30. The van der Waals surface area contributed by atoms with Gasteiger partial charge in [0.25, 0.3) is 0 Å². The van der Waals surface area contributed by atoms with E-state index in [1.165, 1.54) is 11.1 Å². The molecule has 2 rings (SSSR count). The van der Waals surface area contributed by atoms with E-state index < -0.39 is 0 Å². The Morgan fingerprint density at radius 3 is 1.32 bits per heavy atom. The minimum atomic E-state index is 0.337. The first-order valence-corrected chi connectivity index (χ1v) is 9.92. The molecule has 0 atom stereocenters. The number of phenolic OH excluding ortho intramolecular Hbond substituents is 2. The van der Waals surface area contributed by atoms with Gasteiger partial charge in [-0.15, -0.1) is 0 Å². The summed E-state index contributed by atoms with van der Waals surface area (Å²) in [4.78, 5) is 4.12. The van der Waals surface area contributed by atoms with E-state index in [0.717, 1.165) is 35.1 Å². The van der Waals surface area contributed by atoms with Crippen LogP contribution in [0, 0.1) is 0 Å². The van der Waals surface area contributed by atoms with Crippen LogP contribution >= 0.6 is 0 Å². The van der Waals surface area contributed by atoms with E-state index in [0.29, 0.717) is 24.6 Å². The van der Waals surface area contributed by atoms with Crippen molar-refractivity contribution in [1.29, 1.82) is 0 Å². The van der Waals surface area contributed by atoms with Gasteiger partial charge >= 0.3 is 0 Å². The molecule has 0 radical (unpaired) electrons. The van der Waals surface area contributed by atoms with Crippen molar-refractivity contribution in [1.82, 2.24) is 9.80 Å². The van der Waals surface area contributed by atoms with Gasteiger partial charge in [-0.25, -0.2) is 0 Å². The fraction of sp³-hybridized carbons (Fsp3) is 0.417. The van der Waals surface area contributed by atoms with Crippen molar-refractivity contribution < 1.29 is 10.2 Å². The molecule has 0 spiro atoms. The van der Waals surface area contributed by atoms with Gasteiger partial charge in [0.15, 0.2) is 0 Å². The first-order valence-electron chi connectivity index (χ1n) is 9.92. The topological polar surface area (TPSA) is 46.9 Å². The van der Waals surface area contributed by atoms with Crippen LogP contribution in [0.4, 0.5) is 0 Å². The van der Waals surface area contributed by atoms with E-state index in [9.17, 15) is 10.2 Å². The summed E-state index contributed by atoms with van der Waals surface area (Å²) in [5.74, 6) is 0.674. The Balaban J connectivity index is 2.57. The molecular weight excluding hydrogens is 348 g/mol. The highest BCUT2D eigenvalue weighted by Crippen LogP contribution is 2.35. The molecule has 0 aliphatic heterocycles. The number of hydrogen-bond donors (Lipinski definition) is 2. The molecule has 0 aliphatic carbocycles.